The number of fused-ring (bicyclic) bond motifs is 3. The number of nitrogens with zero attached hydrogens (tertiary/aromatic N) is 4. The van der Waals surface area contributed by atoms with Crippen LogP contribution in [0.3, 0.4) is 0 Å². The largest absolute Gasteiger partial charge is 0.493 e. The van der Waals surface area contributed by atoms with Crippen molar-refractivity contribution in [2.24, 2.45) is 11.8 Å². The molecule has 0 amide bonds. The van der Waals surface area contributed by atoms with Gasteiger partial charge in [0.2, 0.25) is 12.5 Å². The van der Waals surface area contributed by atoms with Gasteiger partial charge in [0.15, 0.2) is 40.3 Å². The number of ketones is 1. The SMILES string of the molecule is COc1cc(C(=O)/C=C/c2ccc(N(C)C)cc2)ccc1OCc1cn([C@H]2c3cc4c(cc3[C@@H](c3cc(OC)c(OC)c(OC)c3)[C@H]3C(=O)OC[C@@H]32)OCO4)nn1. The summed E-state index contributed by atoms with van der Waals surface area (Å²) in [6, 6.07) is 20.1. The van der Waals surface area contributed by atoms with E-state index in [-0.39, 0.29) is 37.7 Å². The van der Waals surface area contributed by atoms with Gasteiger partial charge in [0, 0.05) is 37.2 Å². The molecule has 3 heterocycles. The highest BCUT2D eigenvalue weighted by molar-refractivity contribution is 6.07. The third-order valence-corrected chi connectivity index (χ3v) is 10.7. The van der Waals surface area contributed by atoms with Gasteiger partial charge in [-0.2, -0.15) is 0 Å². The number of aromatic nitrogens is 3. The molecule has 294 valence electrons. The van der Waals surface area contributed by atoms with E-state index in [0.29, 0.717) is 51.5 Å². The number of allylic oxidation sites excluding steroid dienone is 1. The minimum absolute atomic E-state index is 0.0603. The molecule has 4 aromatic carbocycles. The Labute approximate surface area is 329 Å². The summed E-state index contributed by atoms with van der Waals surface area (Å²) in [6.45, 7) is 0.318. The lowest BCUT2D eigenvalue weighted by Gasteiger charge is -2.39. The molecule has 14 heteroatoms. The fraction of sp³-hybridized carbons (Fsp3) is 0.302. The van der Waals surface area contributed by atoms with Crippen molar-refractivity contribution < 1.29 is 47.5 Å². The Morgan fingerprint density at radius 2 is 1.54 bits per heavy atom. The minimum atomic E-state index is -0.585. The summed E-state index contributed by atoms with van der Waals surface area (Å²) in [7, 11) is 10.1. The van der Waals surface area contributed by atoms with E-state index >= 15 is 0 Å². The molecule has 0 radical (unpaired) electrons. The number of hydrogen-bond acceptors (Lipinski definition) is 13. The average molecular weight is 775 g/mol. The monoisotopic (exact) mass is 774 g/mol. The van der Waals surface area contributed by atoms with Gasteiger partial charge in [-0.25, -0.2) is 4.68 Å². The molecule has 0 N–H and O–H groups in total. The average Bonchev–Trinajstić information content (AvgIpc) is 4.00. The van der Waals surface area contributed by atoms with Crippen LogP contribution in [0.15, 0.2) is 79.0 Å². The van der Waals surface area contributed by atoms with E-state index in [4.69, 9.17) is 37.9 Å². The number of carbonyl (C=O) groups excluding carboxylic acids is 2. The second-order valence-electron chi connectivity index (χ2n) is 14.1. The molecule has 14 nitrogen and oxygen atoms in total. The number of ether oxygens (including phenoxy) is 8. The number of rotatable bonds is 13. The van der Waals surface area contributed by atoms with Crippen molar-refractivity contribution in [1.29, 1.82) is 0 Å². The van der Waals surface area contributed by atoms with E-state index in [1.54, 1.807) is 56.5 Å². The molecule has 1 aromatic heterocycles. The van der Waals surface area contributed by atoms with Crippen molar-refractivity contribution in [3.8, 4) is 40.2 Å². The molecule has 0 bridgehead atoms. The van der Waals surface area contributed by atoms with Crippen LogP contribution in [0.25, 0.3) is 6.08 Å². The van der Waals surface area contributed by atoms with Crippen LogP contribution in [-0.4, -0.2) is 82.7 Å². The molecule has 4 atom stereocenters. The zero-order valence-electron chi connectivity index (χ0n) is 32.4. The van der Waals surface area contributed by atoms with Gasteiger partial charge >= 0.3 is 5.97 Å². The molecule has 57 heavy (non-hydrogen) atoms. The maximum Gasteiger partial charge on any atom is 0.310 e. The molecule has 1 aliphatic carbocycles. The van der Waals surface area contributed by atoms with Gasteiger partial charge in [0.1, 0.15) is 12.3 Å². The van der Waals surface area contributed by atoms with Crippen LogP contribution in [0.2, 0.25) is 0 Å². The van der Waals surface area contributed by atoms with Gasteiger partial charge in [-0.3, -0.25) is 9.59 Å². The van der Waals surface area contributed by atoms with Crippen LogP contribution in [0.5, 0.6) is 40.2 Å². The van der Waals surface area contributed by atoms with E-state index < -0.39 is 17.9 Å². The van der Waals surface area contributed by atoms with Gasteiger partial charge in [-0.15, -0.1) is 5.10 Å². The molecular weight excluding hydrogens is 732 g/mol. The first-order valence-corrected chi connectivity index (χ1v) is 18.3. The quantitative estimate of drug-likeness (QED) is 0.0773. The molecule has 3 aliphatic rings. The van der Waals surface area contributed by atoms with Gasteiger partial charge in [0.25, 0.3) is 0 Å². The Kier molecular flexibility index (Phi) is 10.1. The fourth-order valence-electron chi connectivity index (χ4n) is 7.91. The number of esters is 1. The molecule has 5 aromatic rings. The van der Waals surface area contributed by atoms with E-state index in [9.17, 15) is 9.59 Å². The lowest BCUT2D eigenvalue weighted by Crippen LogP contribution is -2.37. The number of benzene rings is 4. The normalized spacial score (nSPS) is 19.1. The lowest BCUT2D eigenvalue weighted by molar-refractivity contribution is -0.141. The van der Waals surface area contributed by atoms with E-state index in [0.717, 1.165) is 27.9 Å². The van der Waals surface area contributed by atoms with Crippen molar-refractivity contribution in [1.82, 2.24) is 15.0 Å². The van der Waals surface area contributed by atoms with Gasteiger partial charge in [-0.05, 0) is 82.9 Å². The Hall–Kier alpha value is -6.70. The molecule has 1 saturated heterocycles. The van der Waals surface area contributed by atoms with Crippen LogP contribution in [-0.2, 0) is 16.1 Å². The minimum Gasteiger partial charge on any atom is -0.493 e. The Bertz CT molecular complexity index is 2330. The van der Waals surface area contributed by atoms with Crippen molar-refractivity contribution in [3.05, 3.63) is 113 Å². The van der Waals surface area contributed by atoms with E-state index in [2.05, 4.69) is 10.3 Å². The number of carbonyl (C=O) groups is 2. The summed E-state index contributed by atoms with van der Waals surface area (Å²) in [5.41, 5.74) is 5.51. The molecule has 1 fully saturated rings. The van der Waals surface area contributed by atoms with Crippen LogP contribution in [0, 0.1) is 11.8 Å². The highest BCUT2D eigenvalue weighted by atomic mass is 16.7. The summed E-state index contributed by atoms with van der Waals surface area (Å²) >= 11 is 0. The Balaban J connectivity index is 1.06. The highest BCUT2D eigenvalue weighted by Crippen LogP contribution is 2.56. The predicted octanol–water partition coefficient (Wildman–Crippen LogP) is 6.11. The maximum absolute atomic E-state index is 13.7. The second-order valence-corrected chi connectivity index (χ2v) is 14.1. The van der Waals surface area contributed by atoms with Crippen LogP contribution in [0.1, 0.15) is 50.3 Å². The fourth-order valence-corrected chi connectivity index (χ4v) is 7.91. The molecule has 0 unspecified atom stereocenters. The lowest BCUT2D eigenvalue weighted by atomic mass is 9.65. The highest BCUT2D eigenvalue weighted by Gasteiger charge is 2.53. The summed E-state index contributed by atoms with van der Waals surface area (Å²) < 4.78 is 47.9. The molecule has 8 rings (SSSR count). The molecule has 0 saturated carbocycles. The smallest absolute Gasteiger partial charge is 0.310 e. The van der Waals surface area contributed by atoms with Crippen molar-refractivity contribution >= 4 is 23.5 Å². The van der Waals surface area contributed by atoms with Crippen molar-refractivity contribution in [2.75, 3.05) is 60.8 Å². The van der Waals surface area contributed by atoms with Crippen LogP contribution in [0.4, 0.5) is 5.69 Å². The van der Waals surface area contributed by atoms with Gasteiger partial charge in [0.05, 0.1) is 53.2 Å². The number of methoxy groups -OCH3 is 4. The van der Waals surface area contributed by atoms with Gasteiger partial charge in [-0.1, -0.05) is 23.4 Å². The summed E-state index contributed by atoms with van der Waals surface area (Å²) in [6.07, 6.45) is 5.12. The van der Waals surface area contributed by atoms with Crippen molar-refractivity contribution in [3.63, 3.8) is 0 Å². The third-order valence-electron chi connectivity index (χ3n) is 10.7. The Morgan fingerprint density at radius 3 is 2.21 bits per heavy atom. The predicted molar refractivity (Wildman–Crippen MR) is 208 cm³/mol. The first kappa shape index (κ1) is 37.2. The maximum atomic E-state index is 13.7. The first-order chi connectivity index (χ1) is 27.7. The van der Waals surface area contributed by atoms with Gasteiger partial charge < -0.3 is 42.8 Å². The van der Waals surface area contributed by atoms with E-state index in [1.165, 1.54) is 13.2 Å². The topological polar surface area (TPSA) is 142 Å². The first-order valence-electron chi connectivity index (χ1n) is 18.3. The standard InChI is InChI=1S/C43H42N4O10/c1-46(2)28-11-7-24(8-12-28)9-13-32(48)25-10-14-33(34(15-25)50-3)54-21-27-20-47(45-44-27)41-30-19-36-35(56-23-57-36)18-29(30)39(40-31(41)22-55-43(40)49)26-16-37(51-4)42(53-6)38(17-26)52-5/h7-20,31,39-41H,21-23H2,1-6H3/b13-9+/t31-,39+,40-,41-/m0/s1. The van der Waals surface area contributed by atoms with Crippen LogP contribution >= 0.6 is 0 Å². The second kappa shape index (κ2) is 15.4. The molecular formula is C43H42N4O10. The summed E-state index contributed by atoms with van der Waals surface area (Å²) in [5, 5.41) is 9.00. The van der Waals surface area contributed by atoms with Crippen LogP contribution < -0.4 is 38.1 Å². The van der Waals surface area contributed by atoms with Crippen molar-refractivity contribution in [2.45, 2.75) is 18.6 Å². The zero-order valence-corrected chi connectivity index (χ0v) is 32.4. The molecule has 2 aliphatic heterocycles. The molecule has 0 spiro atoms. The summed E-state index contributed by atoms with van der Waals surface area (Å²) in [4.78, 5) is 28.8. The number of anilines is 1. The number of cyclic esters (lactones) is 1. The number of hydrogen-bond donors (Lipinski definition) is 0. The summed E-state index contributed by atoms with van der Waals surface area (Å²) in [5.74, 6) is 1.55. The zero-order chi connectivity index (χ0) is 39.8. The van der Waals surface area contributed by atoms with E-state index in [1.807, 2.05) is 67.5 Å². The Morgan fingerprint density at radius 1 is 0.842 bits per heavy atom. The third kappa shape index (κ3) is 6.91.